The van der Waals surface area contributed by atoms with Crippen molar-refractivity contribution in [2.75, 3.05) is 5.43 Å². The molecule has 0 fully saturated rings. The Morgan fingerprint density at radius 1 is 1.10 bits per heavy atom. The van der Waals surface area contributed by atoms with Gasteiger partial charge in [-0.15, -0.1) is 0 Å². The average Bonchev–Trinajstić information content (AvgIpc) is 2.43. The Morgan fingerprint density at radius 3 is 2.30 bits per heavy atom. The van der Waals surface area contributed by atoms with Crippen molar-refractivity contribution in [1.29, 1.82) is 0 Å². The van der Waals surface area contributed by atoms with Gasteiger partial charge in [0.2, 0.25) is 5.88 Å². The minimum atomic E-state index is 0.197. The summed E-state index contributed by atoms with van der Waals surface area (Å²) < 4.78 is 5.85. The number of hydrogen-bond donors (Lipinski definition) is 2. The van der Waals surface area contributed by atoms with Crippen LogP contribution < -0.4 is 16.0 Å². The van der Waals surface area contributed by atoms with E-state index in [9.17, 15) is 0 Å². The molecule has 0 atom stereocenters. The number of nitrogens with two attached hydrogens (primary N) is 1. The highest BCUT2D eigenvalue weighted by Gasteiger charge is 2.14. The van der Waals surface area contributed by atoms with E-state index < -0.39 is 0 Å². The lowest BCUT2D eigenvalue weighted by Gasteiger charge is -2.14. The number of nitrogens with one attached hydrogen (secondary N) is 1. The molecule has 1 heterocycles. The Hall–Kier alpha value is -2.14. The summed E-state index contributed by atoms with van der Waals surface area (Å²) in [7, 11) is 0. The molecule has 0 amide bonds. The third kappa shape index (κ3) is 3.05. The molecule has 1 aromatic carbocycles. The Kier molecular flexibility index (Phi) is 4.20. The molecule has 0 spiro atoms. The summed E-state index contributed by atoms with van der Waals surface area (Å²) in [6, 6.07) is 7.83. The van der Waals surface area contributed by atoms with Crippen LogP contribution in [0.3, 0.4) is 0 Å². The first-order valence-corrected chi connectivity index (χ1v) is 6.61. The maximum Gasteiger partial charge on any atom is 0.227 e. The minimum absolute atomic E-state index is 0.197. The highest BCUT2D eigenvalue weighted by molar-refractivity contribution is 5.49. The number of ether oxygens (including phenoxy) is 1. The summed E-state index contributed by atoms with van der Waals surface area (Å²) in [6.07, 6.45) is 0. The van der Waals surface area contributed by atoms with E-state index in [4.69, 9.17) is 10.6 Å². The molecule has 0 aliphatic carbocycles. The van der Waals surface area contributed by atoms with Gasteiger partial charge in [-0.2, -0.15) is 4.98 Å². The lowest BCUT2D eigenvalue weighted by atomic mass is 10.2. The van der Waals surface area contributed by atoms with Crippen LogP contribution in [0.5, 0.6) is 11.6 Å². The van der Waals surface area contributed by atoms with E-state index in [0.29, 0.717) is 17.5 Å². The SMILES string of the molecule is Cc1ccc(Oc2nc(C(C)C)nc(NN)c2C)cc1. The molecule has 0 radical (unpaired) electrons. The van der Waals surface area contributed by atoms with E-state index in [2.05, 4.69) is 15.4 Å². The number of nitrogen functional groups attached to an aromatic ring is 1. The second-order valence-electron chi connectivity index (χ2n) is 5.07. The molecule has 0 unspecified atom stereocenters. The molecule has 0 saturated carbocycles. The van der Waals surface area contributed by atoms with Gasteiger partial charge in [0, 0.05) is 5.92 Å². The predicted molar refractivity (Wildman–Crippen MR) is 79.9 cm³/mol. The fourth-order valence-electron chi connectivity index (χ4n) is 1.73. The van der Waals surface area contributed by atoms with E-state index in [1.54, 1.807) is 0 Å². The van der Waals surface area contributed by atoms with Crippen molar-refractivity contribution in [2.24, 2.45) is 5.84 Å². The first-order chi connectivity index (χ1) is 9.51. The first kappa shape index (κ1) is 14.3. The lowest BCUT2D eigenvalue weighted by Crippen LogP contribution is -2.13. The van der Waals surface area contributed by atoms with Crippen LogP contribution in [0.2, 0.25) is 0 Å². The first-order valence-electron chi connectivity index (χ1n) is 6.61. The van der Waals surface area contributed by atoms with Gasteiger partial charge in [0.1, 0.15) is 11.6 Å². The van der Waals surface area contributed by atoms with Crippen molar-refractivity contribution < 1.29 is 4.74 Å². The highest BCUT2D eigenvalue weighted by Crippen LogP contribution is 2.28. The largest absolute Gasteiger partial charge is 0.439 e. The zero-order chi connectivity index (χ0) is 14.7. The smallest absolute Gasteiger partial charge is 0.227 e. The van der Waals surface area contributed by atoms with E-state index in [0.717, 1.165) is 11.3 Å². The van der Waals surface area contributed by atoms with Crippen LogP contribution in [0.1, 0.15) is 36.7 Å². The van der Waals surface area contributed by atoms with Crippen molar-refractivity contribution >= 4 is 5.82 Å². The van der Waals surface area contributed by atoms with Gasteiger partial charge in [0.15, 0.2) is 5.82 Å². The third-order valence-corrected chi connectivity index (χ3v) is 3.01. The Balaban J connectivity index is 2.39. The fourth-order valence-corrected chi connectivity index (χ4v) is 1.73. The van der Waals surface area contributed by atoms with Gasteiger partial charge in [-0.1, -0.05) is 31.5 Å². The van der Waals surface area contributed by atoms with E-state index in [1.165, 1.54) is 5.56 Å². The molecule has 1 aromatic heterocycles. The second-order valence-corrected chi connectivity index (χ2v) is 5.07. The van der Waals surface area contributed by atoms with E-state index in [-0.39, 0.29) is 5.92 Å². The van der Waals surface area contributed by atoms with Gasteiger partial charge < -0.3 is 10.2 Å². The van der Waals surface area contributed by atoms with Gasteiger partial charge in [0.05, 0.1) is 5.56 Å². The molecule has 0 bridgehead atoms. The number of anilines is 1. The molecule has 2 aromatic rings. The van der Waals surface area contributed by atoms with Crippen molar-refractivity contribution in [2.45, 2.75) is 33.6 Å². The summed E-state index contributed by atoms with van der Waals surface area (Å²) in [5.74, 6) is 8.27. The summed E-state index contributed by atoms with van der Waals surface area (Å²) in [6.45, 7) is 7.97. The number of hydrogen-bond acceptors (Lipinski definition) is 5. The van der Waals surface area contributed by atoms with E-state index in [1.807, 2.05) is 52.0 Å². The molecule has 0 aliphatic rings. The number of nitrogens with zero attached hydrogens (tertiary/aromatic N) is 2. The predicted octanol–water partition coefficient (Wildman–Crippen LogP) is 3.29. The quantitative estimate of drug-likeness (QED) is 0.660. The maximum atomic E-state index is 5.85. The molecule has 20 heavy (non-hydrogen) atoms. The molecule has 3 N–H and O–H groups in total. The summed E-state index contributed by atoms with van der Waals surface area (Å²) in [5, 5.41) is 0. The molecule has 2 rings (SSSR count). The van der Waals surface area contributed by atoms with Crippen LogP contribution in [0, 0.1) is 13.8 Å². The zero-order valence-electron chi connectivity index (χ0n) is 12.3. The highest BCUT2D eigenvalue weighted by atomic mass is 16.5. The molecule has 5 nitrogen and oxygen atoms in total. The van der Waals surface area contributed by atoms with Gasteiger partial charge in [-0.05, 0) is 26.0 Å². The average molecular weight is 272 g/mol. The summed E-state index contributed by atoms with van der Waals surface area (Å²) >= 11 is 0. The van der Waals surface area contributed by atoms with Crippen LogP contribution in [-0.4, -0.2) is 9.97 Å². The number of aromatic nitrogens is 2. The van der Waals surface area contributed by atoms with Crippen LogP contribution in [0.15, 0.2) is 24.3 Å². The molecule has 5 heteroatoms. The van der Waals surface area contributed by atoms with Crippen LogP contribution in [0.25, 0.3) is 0 Å². The van der Waals surface area contributed by atoms with Gasteiger partial charge in [0.25, 0.3) is 0 Å². The number of hydrazine groups is 1. The number of aryl methyl sites for hydroxylation is 1. The zero-order valence-corrected chi connectivity index (χ0v) is 12.3. The monoisotopic (exact) mass is 272 g/mol. The fraction of sp³-hybridized carbons (Fsp3) is 0.333. The van der Waals surface area contributed by atoms with Crippen molar-refractivity contribution in [3.8, 4) is 11.6 Å². The van der Waals surface area contributed by atoms with Crippen LogP contribution >= 0.6 is 0 Å². The van der Waals surface area contributed by atoms with Crippen LogP contribution in [-0.2, 0) is 0 Å². The van der Waals surface area contributed by atoms with Gasteiger partial charge in [-0.3, -0.25) is 0 Å². The topological polar surface area (TPSA) is 73.1 Å². The maximum absolute atomic E-state index is 5.85. The van der Waals surface area contributed by atoms with Gasteiger partial charge >= 0.3 is 0 Å². The summed E-state index contributed by atoms with van der Waals surface area (Å²) in [5.41, 5.74) is 4.57. The number of benzene rings is 1. The molecule has 0 saturated heterocycles. The summed E-state index contributed by atoms with van der Waals surface area (Å²) in [4.78, 5) is 8.85. The van der Waals surface area contributed by atoms with Gasteiger partial charge in [-0.25, -0.2) is 10.8 Å². The van der Waals surface area contributed by atoms with Crippen molar-refractivity contribution in [3.63, 3.8) is 0 Å². The Morgan fingerprint density at radius 2 is 1.75 bits per heavy atom. The molecule has 106 valence electrons. The Labute approximate surface area is 119 Å². The number of rotatable bonds is 4. The normalized spacial score (nSPS) is 10.7. The van der Waals surface area contributed by atoms with E-state index >= 15 is 0 Å². The molecular formula is C15H20N4O. The van der Waals surface area contributed by atoms with Crippen molar-refractivity contribution in [1.82, 2.24) is 9.97 Å². The third-order valence-electron chi connectivity index (χ3n) is 3.01. The molecule has 0 aliphatic heterocycles. The standard InChI is InChI=1S/C15H20N4O/c1-9(2)13-17-14(19-16)11(4)15(18-13)20-12-7-5-10(3)6-8-12/h5-9H,16H2,1-4H3,(H,17,18,19). The Bertz CT molecular complexity index is 594. The lowest BCUT2D eigenvalue weighted by molar-refractivity contribution is 0.453. The molecular weight excluding hydrogens is 252 g/mol. The van der Waals surface area contributed by atoms with Crippen molar-refractivity contribution in [3.05, 3.63) is 41.2 Å². The minimum Gasteiger partial charge on any atom is -0.439 e. The second kappa shape index (κ2) is 5.88. The van der Waals surface area contributed by atoms with Crippen LogP contribution in [0.4, 0.5) is 5.82 Å².